The highest BCUT2D eigenvalue weighted by molar-refractivity contribution is 6.35. The lowest BCUT2D eigenvalue weighted by Gasteiger charge is -2.40. The molecule has 0 aromatic heterocycles. The Hall–Kier alpha value is -3.63. The van der Waals surface area contributed by atoms with Gasteiger partial charge in [-0.2, -0.15) is 5.10 Å². The predicted octanol–water partition coefficient (Wildman–Crippen LogP) is 5.30. The lowest BCUT2D eigenvalue weighted by molar-refractivity contribution is -0.169. The van der Waals surface area contributed by atoms with Gasteiger partial charge in [0.25, 0.3) is 5.91 Å². The van der Waals surface area contributed by atoms with Crippen molar-refractivity contribution in [3.8, 4) is 0 Å². The third-order valence-electron chi connectivity index (χ3n) is 5.12. The summed E-state index contributed by atoms with van der Waals surface area (Å²) in [7, 11) is 1.44. The van der Waals surface area contributed by atoms with Crippen LogP contribution in [0.4, 0.5) is 9.59 Å². The first-order valence-corrected chi connectivity index (χ1v) is 12.3. The minimum atomic E-state index is -2.11. The first-order chi connectivity index (χ1) is 17.3. The fourth-order valence-corrected chi connectivity index (χ4v) is 3.69. The average Bonchev–Trinajstić information content (AvgIpc) is 3.02. The minimum Gasteiger partial charge on any atom is -0.442 e. The second-order valence-electron chi connectivity index (χ2n) is 12.0. The van der Waals surface area contributed by atoms with Gasteiger partial charge < -0.3 is 14.3 Å². The van der Waals surface area contributed by atoms with E-state index in [4.69, 9.17) is 19.1 Å². The molecule has 0 aliphatic carbocycles. The standard InChI is InChI=1S/C27H40N4O7/c1-18(29-35-17-19-15-13-12-14-16-19)27(20(24(2,3)4)28-30(11)21(27)32)31(22(33)36-25(5,6)7)38-23(34)37-26(8,9)10/h12-16H,17H2,1-11H3. The number of oxime groups is 1. The van der Waals surface area contributed by atoms with Crippen LogP contribution in [-0.2, 0) is 30.6 Å². The molecule has 0 saturated carbocycles. The monoisotopic (exact) mass is 532 g/mol. The van der Waals surface area contributed by atoms with Gasteiger partial charge in [0.15, 0.2) is 0 Å². The van der Waals surface area contributed by atoms with Crippen molar-refractivity contribution in [3.63, 3.8) is 0 Å². The normalized spacial score (nSPS) is 18.6. The number of hydrazone groups is 1. The molecule has 2 rings (SSSR count). The van der Waals surface area contributed by atoms with Crippen molar-refractivity contribution in [2.45, 2.75) is 92.6 Å². The Morgan fingerprint density at radius 1 is 0.974 bits per heavy atom. The van der Waals surface area contributed by atoms with E-state index in [9.17, 15) is 14.4 Å². The molecule has 38 heavy (non-hydrogen) atoms. The van der Waals surface area contributed by atoms with Gasteiger partial charge in [-0.25, -0.2) is 14.6 Å². The van der Waals surface area contributed by atoms with Gasteiger partial charge in [0.1, 0.15) is 17.8 Å². The molecule has 0 radical (unpaired) electrons. The molecule has 0 fully saturated rings. The molecule has 0 bridgehead atoms. The van der Waals surface area contributed by atoms with Crippen molar-refractivity contribution in [2.24, 2.45) is 15.7 Å². The van der Waals surface area contributed by atoms with Gasteiger partial charge in [0, 0.05) is 12.5 Å². The quantitative estimate of drug-likeness (QED) is 0.287. The zero-order valence-corrected chi connectivity index (χ0v) is 24.2. The summed E-state index contributed by atoms with van der Waals surface area (Å²) in [4.78, 5) is 51.5. The Morgan fingerprint density at radius 2 is 1.53 bits per heavy atom. The molecule has 1 heterocycles. The van der Waals surface area contributed by atoms with Gasteiger partial charge in [-0.15, -0.1) is 5.06 Å². The Morgan fingerprint density at radius 3 is 2.03 bits per heavy atom. The molecule has 1 aromatic carbocycles. The number of nitrogens with zero attached hydrogens (tertiary/aromatic N) is 4. The molecule has 2 amide bonds. The van der Waals surface area contributed by atoms with E-state index in [1.165, 1.54) is 14.0 Å². The maximum Gasteiger partial charge on any atom is 0.534 e. The van der Waals surface area contributed by atoms with Crippen molar-refractivity contribution in [2.75, 3.05) is 7.05 Å². The van der Waals surface area contributed by atoms with E-state index in [0.29, 0.717) is 5.06 Å². The van der Waals surface area contributed by atoms with Crippen LogP contribution in [0.3, 0.4) is 0 Å². The highest BCUT2D eigenvalue weighted by Gasteiger charge is 2.65. The van der Waals surface area contributed by atoms with Crippen molar-refractivity contribution in [1.29, 1.82) is 0 Å². The van der Waals surface area contributed by atoms with E-state index < -0.39 is 40.3 Å². The van der Waals surface area contributed by atoms with Crippen LogP contribution < -0.4 is 0 Å². The maximum absolute atomic E-state index is 13.9. The van der Waals surface area contributed by atoms with Crippen LogP contribution >= 0.6 is 0 Å². The zero-order chi connectivity index (χ0) is 29.1. The molecule has 0 N–H and O–H groups in total. The molecule has 0 spiro atoms. The fourth-order valence-electron chi connectivity index (χ4n) is 3.69. The summed E-state index contributed by atoms with van der Waals surface area (Å²) in [5.41, 5.74) is -3.80. The molecule has 1 aliphatic heterocycles. The van der Waals surface area contributed by atoms with E-state index in [1.807, 2.05) is 51.1 Å². The van der Waals surface area contributed by atoms with Crippen LogP contribution in [0, 0.1) is 5.41 Å². The summed E-state index contributed by atoms with van der Waals surface area (Å²) in [5, 5.41) is 10.3. The first-order valence-electron chi connectivity index (χ1n) is 12.3. The molecule has 1 aliphatic rings. The zero-order valence-electron chi connectivity index (χ0n) is 24.2. The van der Waals surface area contributed by atoms with Crippen LogP contribution in [-0.4, -0.2) is 63.4 Å². The molecule has 1 atom stereocenters. The molecule has 0 saturated heterocycles. The third kappa shape index (κ3) is 7.23. The van der Waals surface area contributed by atoms with Gasteiger partial charge in [-0.05, 0) is 54.0 Å². The second kappa shape index (κ2) is 11.0. The van der Waals surface area contributed by atoms with E-state index in [-0.39, 0.29) is 18.0 Å². The maximum atomic E-state index is 13.9. The van der Waals surface area contributed by atoms with E-state index >= 15 is 0 Å². The van der Waals surface area contributed by atoms with Crippen LogP contribution in [0.25, 0.3) is 0 Å². The van der Waals surface area contributed by atoms with Gasteiger partial charge >= 0.3 is 12.2 Å². The van der Waals surface area contributed by atoms with Crippen molar-refractivity contribution in [3.05, 3.63) is 35.9 Å². The largest absolute Gasteiger partial charge is 0.534 e. The summed E-state index contributed by atoms with van der Waals surface area (Å²) in [5.74, 6) is -0.693. The van der Waals surface area contributed by atoms with Gasteiger partial charge in [0.05, 0.1) is 11.4 Å². The topological polar surface area (TPSA) is 119 Å². The molecule has 1 unspecified atom stereocenters. The average molecular weight is 533 g/mol. The molecule has 11 heteroatoms. The van der Waals surface area contributed by atoms with E-state index in [2.05, 4.69) is 10.3 Å². The number of carbonyl (C=O) groups is 3. The Bertz CT molecular complexity index is 1100. The number of rotatable bonds is 5. The summed E-state index contributed by atoms with van der Waals surface area (Å²) >= 11 is 0. The van der Waals surface area contributed by atoms with E-state index in [1.54, 1.807) is 41.5 Å². The molecule has 210 valence electrons. The summed E-state index contributed by atoms with van der Waals surface area (Å²) in [6.07, 6.45) is -2.32. The fraction of sp³-hybridized carbons (Fsp3) is 0.593. The van der Waals surface area contributed by atoms with E-state index in [0.717, 1.165) is 10.6 Å². The number of hydrogen-bond donors (Lipinski definition) is 0. The van der Waals surface area contributed by atoms with Gasteiger partial charge in [-0.1, -0.05) is 56.3 Å². The van der Waals surface area contributed by atoms with Crippen molar-refractivity contribution >= 4 is 29.6 Å². The van der Waals surface area contributed by atoms with Crippen molar-refractivity contribution in [1.82, 2.24) is 10.1 Å². The third-order valence-corrected chi connectivity index (χ3v) is 5.12. The smallest absolute Gasteiger partial charge is 0.442 e. The number of carbonyl (C=O) groups excluding carboxylic acids is 3. The summed E-state index contributed by atoms with van der Waals surface area (Å²) < 4.78 is 10.9. The lowest BCUT2D eigenvalue weighted by Crippen LogP contribution is -2.68. The lowest BCUT2D eigenvalue weighted by atomic mass is 9.74. The van der Waals surface area contributed by atoms with Crippen LogP contribution in [0.1, 0.15) is 74.8 Å². The highest BCUT2D eigenvalue weighted by atomic mass is 16.8. The number of benzene rings is 1. The van der Waals surface area contributed by atoms with Crippen LogP contribution in [0.2, 0.25) is 0 Å². The Labute approximate surface area is 224 Å². The molecular formula is C27H40N4O7. The van der Waals surface area contributed by atoms with Crippen molar-refractivity contribution < 1.29 is 33.5 Å². The number of ether oxygens (including phenoxy) is 2. The summed E-state index contributed by atoms with van der Waals surface area (Å²) in [6.45, 7) is 16.9. The molecular weight excluding hydrogens is 492 g/mol. The van der Waals surface area contributed by atoms with Gasteiger partial charge in [0.2, 0.25) is 5.54 Å². The Kier molecular flexibility index (Phi) is 8.86. The number of hydroxylamine groups is 2. The summed E-state index contributed by atoms with van der Waals surface area (Å²) in [6, 6.07) is 9.30. The predicted molar refractivity (Wildman–Crippen MR) is 142 cm³/mol. The second-order valence-corrected chi connectivity index (χ2v) is 12.0. The van der Waals surface area contributed by atoms with Gasteiger partial charge in [-0.3, -0.25) is 9.63 Å². The number of hydrogen-bond acceptors (Lipinski definition) is 9. The molecule has 11 nitrogen and oxygen atoms in total. The SMILES string of the molecule is CC(=NOCc1ccccc1)C1(N(OC(=O)OC(C)(C)C)C(=O)OC(C)(C)C)C(=O)N(C)N=C1C(C)(C)C. The van der Waals surface area contributed by atoms with Crippen LogP contribution in [0.15, 0.2) is 40.6 Å². The van der Waals surface area contributed by atoms with Crippen LogP contribution in [0.5, 0.6) is 0 Å². The first kappa shape index (κ1) is 30.6. The highest BCUT2D eigenvalue weighted by Crippen LogP contribution is 2.38. The number of amides is 2. The Balaban J connectivity index is 2.71. The number of likely N-dealkylation sites (N-methyl/N-ethyl adjacent to an activating group) is 1. The molecule has 1 aromatic rings. The minimum absolute atomic E-state index is 0.00544.